The number of hydrogen-bond acceptors (Lipinski definition) is 2. The highest BCUT2D eigenvalue weighted by atomic mass is 16.4. The lowest BCUT2D eigenvalue weighted by Gasteiger charge is -2.08. The molecule has 1 rings (SSSR count). The molecule has 0 aliphatic heterocycles. The molecule has 0 bridgehead atoms. The number of carbonyl (C=O) groups is 1. The van der Waals surface area contributed by atoms with Crippen LogP contribution in [-0.4, -0.2) is 22.3 Å². The van der Waals surface area contributed by atoms with E-state index in [2.05, 4.69) is 6.58 Å². The molecule has 0 saturated heterocycles. The van der Waals surface area contributed by atoms with Crippen molar-refractivity contribution in [2.75, 3.05) is 0 Å². The van der Waals surface area contributed by atoms with Crippen LogP contribution in [0.1, 0.15) is 5.56 Å². The van der Waals surface area contributed by atoms with E-state index in [-0.39, 0.29) is 5.57 Å². The van der Waals surface area contributed by atoms with E-state index >= 15 is 0 Å². The van der Waals surface area contributed by atoms with Gasteiger partial charge in [-0.1, -0.05) is 36.9 Å². The molecule has 0 amide bonds. The van der Waals surface area contributed by atoms with Gasteiger partial charge in [0.05, 0.1) is 0 Å². The zero-order valence-electron chi connectivity index (χ0n) is 6.97. The first kappa shape index (κ1) is 9.48. The molecule has 0 spiro atoms. The van der Waals surface area contributed by atoms with E-state index < -0.39 is 12.1 Å². The highest BCUT2D eigenvalue weighted by Crippen LogP contribution is 2.15. The largest absolute Gasteiger partial charge is 0.479 e. The molecular formula is C10H10O3. The van der Waals surface area contributed by atoms with Gasteiger partial charge in [-0.3, -0.25) is 0 Å². The van der Waals surface area contributed by atoms with Crippen LogP contribution in [-0.2, 0) is 4.79 Å². The minimum Gasteiger partial charge on any atom is -0.479 e. The summed E-state index contributed by atoms with van der Waals surface area (Å²) < 4.78 is 0. The van der Waals surface area contributed by atoms with Crippen LogP contribution in [0.5, 0.6) is 0 Å². The summed E-state index contributed by atoms with van der Waals surface area (Å²) in [5.74, 6) is -1.28. The maximum absolute atomic E-state index is 10.4. The molecule has 0 radical (unpaired) electrons. The summed E-state index contributed by atoms with van der Waals surface area (Å²) in [5, 5.41) is 17.7. The van der Waals surface area contributed by atoms with E-state index in [0.29, 0.717) is 5.56 Å². The summed E-state index contributed by atoms with van der Waals surface area (Å²) in [7, 11) is 0. The number of carboxylic acids is 1. The third kappa shape index (κ3) is 2.16. The highest BCUT2D eigenvalue weighted by Gasteiger charge is 2.17. The first-order valence-electron chi connectivity index (χ1n) is 3.78. The van der Waals surface area contributed by atoms with E-state index in [4.69, 9.17) is 10.2 Å². The topological polar surface area (TPSA) is 57.5 Å². The smallest absolute Gasteiger partial charge is 0.337 e. The van der Waals surface area contributed by atoms with Crippen molar-refractivity contribution in [1.29, 1.82) is 0 Å². The number of aliphatic hydroxyl groups excluding tert-OH is 1. The van der Waals surface area contributed by atoms with Gasteiger partial charge in [0, 0.05) is 0 Å². The van der Waals surface area contributed by atoms with Crippen molar-refractivity contribution < 1.29 is 15.0 Å². The molecule has 68 valence electrons. The number of rotatable bonds is 3. The molecule has 0 saturated carbocycles. The van der Waals surface area contributed by atoms with Crippen LogP contribution in [0.3, 0.4) is 0 Å². The van der Waals surface area contributed by atoms with E-state index in [1.807, 2.05) is 6.07 Å². The molecule has 0 heterocycles. The summed E-state index contributed by atoms with van der Waals surface area (Å²) >= 11 is 0. The Balaban J connectivity index is 2.86. The molecule has 0 aliphatic rings. The zero-order valence-corrected chi connectivity index (χ0v) is 6.97. The van der Waals surface area contributed by atoms with Gasteiger partial charge in [0.2, 0.25) is 0 Å². The van der Waals surface area contributed by atoms with Gasteiger partial charge in [-0.25, -0.2) is 4.79 Å². The molecule has 0 fully saturated rings. The molecule has 0 aliphatic carbocycles. The van der Waals surface area contributed by atoms with E-state index in [9.17, 15) is 4.79 Å². The second-order valence-corrected chi connectivity index (χ2v) is 2.63. The van der Waals surface area contributed by atoms with Crippen LogP contribution in [0.15, 0.2) is 36.9 Å². The van der Waals surface area contributed by atoms with Gasteiger partial charge in [-0.05, 0) is 11.1 Å². The first-order chi connectivity index (χ1) is 6.13. The Kier molecular flexibility index (Phi) is 2.82. The fourth-order valence-corrected chi connectivity index (χ4v) is 0.959. The summed E-state index contributed by atoms with van der Waals surface area (Å²) in [6.07, 6.45) is -1.53. The fourth-order valence-electron chi connectivity index (χ4n) is 0.959. The Labute approximate surface area is 76.0 Å². The predicted octanol–water partition coefficient (Wildman–Crippen LogP) is 1.15. The van der Waals surface area contributed by atoms with Crippen molar-refractivity contribution in [3.63, 3.8) is 0 Å². The minimum atomic E-state index is -1.53. The van der Waals surface area contributed by atoms with Gasteiger partial charge in [0.15, 0.2) is 6.10 Å². The van der Waals surface area contributed by atoms with Crippen LogP contribution >= 0.6 is 0 Å². The second kappa shape index (κ2) is 3.87. The Morgan fingerprint density at radius 3 is 2.31 bits per heavy atom. The van der Waals surface area contributed by atoms with Gasteiger partial charge in [0.25, 0.3) is 0 Å². The Morgan fingerprint density at radius 1 is 1.31 bits per heavy atom. The molecule has 3 nitrogen and oxygen atoms in total. The molecule has 3 heteroatoms. The van der Waals surface area contributed by atoms with Gasteiger partial charge >= 0.3 is 5.97 Å². The molecule has 0 aromatic heterocycles. The second-order valence-electron chi connectivity index (χ2n) is 2.63. The van der Waals surface area contributed by atoms with E-state index in [0.717, 1.165) is 0 Å². The van der Waals surface area contributed by atoms with Gasteiger partial charge in [0.1, 0.15) is 0 Å². The van der Waals surface area contributed by atoms with Crippen molar-refractivity contribution in [2.24, 2.45) is 0 Å². The van der Waals surface area contributed by atoms with E-state index in [1.165, 1.54) is 0 Å². The number of aliphatic hydroxyl groups is 1. The van der Waals surface area contributed by atoms with Crippen LogP contribution in [0.2, 0.25) is 0 Å². The lowest BCUT2D eigenvalue weighted by atomic mass is 10.0. The summed E-state index contributed by atoms with van der Waals surface area (Å²) in [6.45, 7) is 3.52. The number of carboxylic acid groups (broad SMARTS) is 1. The van der Waals surface area contributed by atoms with Crippen molar-refractivity contribution >= 4 is 11.5 Å². The fraction of sp³-hybridized carbons (Fsp3) is 0.100. The lowest BCUT2D eigenvalue weighted by molar-refractivity contribution is -0.143. The normalized spacial score (nSPS) is 12.1. The molecule has 1 atom stereocenters. The Morgan fingerprint density at radius 2 is 1.85 bits per heavy atom. The van der Waals surface area contributed by atoms with Gasteiger partial charge in [-0.2, -0.15) is 0 Å². The Hall–Kier alpha value is -1.61. The van der Waals surface area contributed by atoms with Crippen molar-refractivity contribution in [1.82, 2.24) is 0 Å². The third-order valence-corrected chi connectivity index (χ3v) is 1.71. The molecule has 2 N–H and O–H groups in total. The van der Waals surface area contributed by atoms with Crippen LogP contribution in [0, 0.1) is 0 Å². The average molecular weight is 178 g/mol. The maximum atomic E-state index is 10.4. The predicted molar refractivity (Wildman–Crippen MR) is 49.1 cm³/mol. The Bertz CT molecular complexity index is 316. The van der Waals surface area contributed by atoms with Crippen molar-refractivity contribution in [3.05, 3.63) is 42.5 Å². The number of benzene rings is 1. The van der Waals surface area contributed by atoms with Crippen LogP contribution in [0.4, 0.5) is 0 Å². The van der Waals surface area contributed by atoms with Crippen molar-refractivity contribution in [2.45, 2.75) is 6.10 Å². The zero-order chi connectivity index (χ0) is 9.84. The maximum Gasteiger partial charge on any atom is 0.337 e. The average Bonchev–Trinajstić information content (AvgIpc) is 2.17. The highest BCUT2D eigenvalue weighted by molar-refractivity contribution is 5.88. The molecule has 13 heavy (non-hydrogen) atoms. The monoisotopic (exact) mass is 178 g/mol. The van der Waals surface area contributed by atoms with Crippen LogP contribution in [0.25, 0.3) is 5.57 Å². The number of aliphatic carboxylic acids is 1. The van der Waals surface area contributed by atoms with Crippen molar-refractivity contribution in [3.8, 4) is 0 Å². The molecule has 1 unspecified atom stereocenters. The third-order valence-electron chi connectivity index (χ3n) is 1.71. The minimum absolute atomic E-state index is 0.202. The SMILES string of the molecule is C=C(c1ccccc1)C(O)C(=O)O. The summed E-state index contributed by atoms with van der Waals surface area (Å²) in [4.78, 5) is 10.4. The summed E-state index contributed by atoms with van der Waals surface area (Å²) in [5.41, 5.74) is 0.838. The quantitative estimate of drug-likeness (QED) is 0.729. The molecule has 1 aromatic carbocycles. The summed E-state index contributed by atoms with van der Waals surface area (Å²) in [6, 6.07) is 8.73. The van der Waals surface area contributed by atoms with Gasteiger partial charge < -0.3 is 10.2 Å². The van der Waals surface area contributed by atoms with Gasteiger partial charge in [-0.15, -0.1) is 0 Å². The number of hydrogen-bond donors (Lipinski definition) is 2. The van der Waals surface area contributed by atoms with E-state index in [1.54, 1.807) is 24.3 Å². The molecular weight excluding hydrogens is 168 g/mol. The van der Waals surface area contributed by atoms with Crippen LogP contribution < -0.4 is 0 Å². The standard InChI is InChI=1S/C10H10O3/c1-7(9(11)10(12)13)8-5-3-2-4-6-8/h2-6,9,11H,1H2,(H,12,13). The lowest BCUT2D eigenvalue weighted by Crippen LogP contribution is -2.20. The molecule has 1 aromatic rings. The first-order valence-corrected chi connectivity index (χ1v) is 3.78.